The summed E-state index contributed by atoms with van der Waals surface area (Å²) in [6, 6.07) is 6.03. The van der Waals surface area contributed by atoms with E-state index in [1.165, 1.54) is 12.1 Å². The van der Waals surface area contributed by atoms with Gasteiger partial charge in [-0.15, -0.1) is 0 Å². The molecule has 4 nitrogen and oxygen atoms in total. The zero-order chi connectivity index (χ0) is 12.1. The molecular weight excluding hydrogens is 223 g/mol. The van der Waals surface area contributed by atoms with Crippen LogP contribution in [-0.2, 0) is 9.47 Å². The molecule has 1 aliphatic rings. The van der Waals surface area contributed by atoms with E-state index in [2.05, 4.69) is 5.32 Å². The first-order valence-electron chi connectivity index (χ1n) is 5.42. The summed E-state index contributed by atoms with van der Waals surface area (Å²) < 4.78 is 23.6. The summed E-state index contributed by atoms with van der Waals surface area (Å²) in [7, 11) is 0. The molecular formula is C12H13FN2O2. The Balaban J connectivity index is 1.96. The summed E-state index contributed by atoms with van der Waals surface area (Å²) in [5.41, 5.74) is 0.907. The molecule has 1 unspecified atom stereocenters. The van der Waals surface area contributed by atoms with Gasteiger partial charge in [-0.25, -0.2) is 4.39 Å². The maximum absolute atomic E-state index is 12.9. The van der Waals surface area contributed by atoms with E-state index < -0.39 is 5.82 Å². The van der Waals surface area contributed by atoms with Gasteiger partial charge in [0.2, 0.25) is 0 Å². The van der Waals surface area contributed by atoms with E-state index in [0.717, 1.165) is 0 Å². The van der Waals surface area contributed by atoms with Gasteiger partial charge in [-0.3, -0.25) is 0 Å². The first kappa shape index (κ1) is 11.8. The number of nitrogens with one attached hydrogen (secondary N) is 1. The van der Waals surface area contributed by atoms with Gasteiger partial charge in [0.15, 0.2) is 0 Å². The molecule has 1 saturated heterocycles. The minimum atomic E-state index is -0.413. The van der Waals surface area contributed by atoms with Gasteiger partial charge >= 0.3 is 0 Å². The fraction of sp³-hybridized carbons (Fsp3) is 0.417. The third-order valence-corrected chi connectivity index (χ3v) is 2.51. The zero-order valence-electron chi connectivity index (χ0n) is 9.28. The molecule has 0 radical (unpaired) electrons. The van der Waals surface area contributed by atoms with Crippen molar-refractivity contribution in [1.29, 1.82) is 5.26 Å². The third kappa shape index (κ3) is 3.16. The Bertz CT molecular complexity index is 425. The van der Waals surface area contributed by atoms with Crippen LogP contribution >= 0.6 is 0 Å². The minimum Gasteiger partial charge on any atom is -0.381 e. The van der Waals surface area contributed by atoms with Crippen LogP contribution in [0.15, 0.2) is 18.2 Å². The molecule has 1 atom stereocenters. The van der Waals surface area contributed by atoms with Crippen LogP contribution in [-0.4, -0.2) is 32.5 Å². The van der Waals surface area contributed by atoms with E-state index in [-0.39, 0.29) is 6.10 Å². The predicted molar refractivity (Wildman–Crippen MR) is 60.2 cm³/mol. The van der Waals surface area contributed by atoms with Crippen molar-refractivity contribution in [2.24, 2.45) is 0 Å². The first-order valence-corrected chi connectivity index (χ1v) is 5.42. The van der Waals surface area contributed by atoms with Crippen LogP contribution in [0.1, 0.15) is 5.56 Å². The number of ether oxygens (including phenoxy) is 2. The fourth-order valence-corrected chi connectivity index (χ4v) is 1.64. The second kappa shape index (κ2) is 5.62. The summed E-state index contributed by atoms with van der Waals surface area (Å²) in [6.07, 6.45) is -0.0275. The Morgan fingerprint density at radius 3 is 3.06 bits per heavy atom. The van der Waals surface area contributed by atoms with E-state index in [1.807, 2.05) is 6.07 Å². The van der Waals surface area contributed by atoms with Crippen molar-refractivity contribution in [3.8, 4) is 6.07 Å². The lowest BCUT2D eigenvalue weighted by Gasteiger charge is -2.23. The number of halogens is 1. The third-order valence-electron chi connectivity index (χ3n) is 2.51. The van der Waals surface area contributed by atoms with E-state index >= 15 is 0 Å². The summed E-state index contributed by atoms with van der Waals surface area (Å²) in [5, 5.41) is 11.9. The number of nitriles is 1. The lowest BCUT2D eigenvalue weighted by atomic mass is 10.2. The van der Waals surface area contributed by atoms with Crippen molar-refractivity contribution in [3.63, 3.8) is 0 Å². The molecule has 0 saturated carbocycles. The molecule has 0 spiro atoms. The molecule has 1 aromatic rings. The standard InChI is InChI=1S/C12H13FN2O2/c13-10-1-2-12(9(5-10)6-14)15-7-11-8-16-3-4-17-11/h1-2,5,11,15H,3-4,7-8H2. The fourth-order valence-electron chi connectivity index (χ4n) is 1.64. The summed E-state index contributed by atoms with van der Waals surface area (Å²) in [4.78, 5) is 0. The van der Waals surface area contributed by atoms with Crippen molar-refractivity contribution in [1.82, 2.24) is 0 Å². The summed E-state index contributed by atoms with van der Waals surface area (Å²) in [6.45, 7) is 2.29. The number of hydrogen-bond donors (Lipinski definition) is 1. The molecule has 0 amide bonds. The summed E-state index contributed by atoms with van der Waals surface area (Å²) >= 11 is 0. The van der Waals surface area contributed by atoms with Crippen molar-refractivity contribution < 1.29 is 13.9 Å². The van der Waals surface area contributed by atoms with Crippen LogP contribution in [0.25, 0.3) is 0 Å². The quantitative estimate of drug-likeness (QED) is 0.864. The smallest absolute Gasteiger partial charge is 0.124 e. The van der Waals surface area contributed by atoms with Crippen molar-refractivity contribution in [3.05, 3.63) is 29.6 Å². The van der Waals surface area contributed by atoms with E-state index in [4.69, 9.17) is 14.7 Å². The Morgan fingerprint density at radius 1 is 1.47 bits per heavy atom. The first-order chi connectivity index (χ1) is 8.29. The van der Waals surface area contributed by atoms with E-state index in [0.29, 0.717) is 37.6 Å². The lowest BCUT2D eigenvalue weighted by molar-refractivity contribution is -0.0818. The van der Waals surface area contributed by atoms with Gasteiger partial charge in [-0.05, 0) is 18.2 Å². The molecule has 1 fully saturated rings. The highest BCUT2D eigenvalue weighted by Crippen LogP contribution is 2.16. The molecule has 0 aliphatic carbocycles. The molecule has 1 aromatic carbocycles. The van der Waals surface area contributed by atoms with E-state index in [1.54, 1.807) is 6.07 Å². The van der Waals surface area contributed by atoms with Gasteiger partial charge in [0.25, 0.3) is 0 Å². The molecule has 17 heavy (non-hydrogen) atoms. The average molecular weight is 236 g/mol. The van der Waals surface area contributed by atoms with Crippen molar-refractivity contribution in [2.45, 2.75) is 6.10 Å². The predicted octanol–water partition coefficient (Wildman–Crippen LogP) is 1.52. The molecule has 0 bridgehead atoms. The van der Waals surface area contributed by atoms with Gasteiger partial charge in [-0.1, -0.05) is 0 Å². The number of benzene rings is 1. The van der Waals surface area contributed by atoms with Crippen LogP contribution in [0, 0.1) is 17.1 Å². The number of nitrogens with zero attached hydrogens (tertiary/aromatic N) is 1. The number of rotatable bonds is 3. The average Bonchev–Trinajstić information content (AvgIpc) is 2.38. The van der Waals surface area contributed by atoms with E-state index in [9.17, 15) is 4.39 Å². The molecule has 1 aliphatic heterocycles. The lowest BCUT2D eigenvalue weighted by Crippen LogP contribution is -2.34. The molecule has 0 aromatic heterocycles. The molecule has 1 heterocycles. The van der Waals surface area contributed by atoms with Gasteiger partial charge in [0.1, 0.15) is 11.9 Å². The highest BCUT2D eigenvalue weighted by molar-refractivity contribution is 5.57. The second-order valence-corrected chi connectivity index (χ2v) is 3.75. The van der Waals surface area contributed by atoms with Crippen LogP contribution < -0.4 is 5.32 Å². The number of hydrogen-bond acceptors (Lipinski definition) is 4. The Hall–Kier alpha value is -1.64. The van der Waals surface area contributed by atoms with Gasteiger partial charge in [-0.2, -0.15) is 5.26 Å². The maximum Gasteiger partial charge on any atom is 0.124 e. The molecule has 90 valence electrons. The van der Waals surface area contributed by atoms with Gasteiger partial charge in [0, 0.05) is 6.54 Å². The number of anilines is 1. The Kier molecular flexibility index (Phi) is 3.91. The van der Waals surface area contributed by atoms with Crippen LogP contribution in [0.3, 0.4) is 0 Å². The maximum atomic E-state index is 12.9. The Morgan fingerprint density at radius 2 is 2.35 bits per heavy atom. The topological polar surface area (TPSA) is 54.3 Å². The highest BCUT2D eigenvalue weighted by Gasteiger charge is 2.14. The van der Waals surface area contributed by atoms with Crippen molar-refractivity contribution >= 4 is 5.69 Å². The zero-order valence-corrected chi connectivity index (χ0v) is 9.28. The molecule has 2 rings (SSSR count). The van der Waals surface area contributed by atoms with Crippen LogP contribution in [0.4, 0.5) is 10.1 Å². The molecule has 1 N–H and O–H groups in total. The highest BCUT2D eigenvalue weighted by atomic mass is 19.1. The SMILES string of the molecule is N#Cc1cc(F)ccc1NCC1COCCO1. The van der Waals surface area contributed by atoms with Crippen molar-refractivity contribution in [2.75, 3.05) is 31.7 Å². The van der Waals surface area contributed by atoms with Crippen LogP contribution in [0.2, 0.25) is 0 Å². The monoisotopic (exact) mass is 236 g/mol. The summed E-state index contributed by atoms with van der Waals surface area (Å²) in [5.74, 6) is -0.413. The van der Waals surface area contributed by atoms with Gasteiger partial charge < -0.3 is 14.8 Å². The minimum absolute atomic E-state index is 0.0275. The second-order valence-electron chi connectivity index (χ2n) is 3.75. The van der Waals surface area contributed by atoms with Gasteiger partial charge in [0.05, 0.1) is 37.2 Å². The normalized spacial score (nSPS) is 19.6. The Labute approximate surface area is 99.0 Å². The molecule has 5 heteroatoms. The largest absolute Gasteiger partial charge is 0.381 e. The van der Waals surface area contributed by atoms with Crippen LogP contribution in [0.5, 0.6) is 0 Å².